The fourth-order valence-electron chi connectivity index (χ4n) is 1.79. The van der Waals surface area contributed by atoms with Crippen molar-refractivity contribution in [2.75, 3.05) is 12.5 Å². The zero-order valence-electron chi connectivity index (χ0n) is 10.7. The molecule has 0 saturated carbocycles. The Balaban J connectivity index is 1.78. The number of nitrogens with zero attached hydrogens (tertiary/aromatic N) is 3. The maximum absolute atomic E-state index is 10.9. The third-order valence-electron chi connectivity index (χ3n) is 2.76. The van der Waals surface area contributed by atoms with Gasteiger partial charge in [-0.25, -0.2) is 4.98 Å². The van der Waals surface area contributed by atoms with Crippen LogP contribution in [-0.2, 0) is 6.61 Å². The van der Waals surface area contributed by atoms with E-state index in [9.17, 15) is 10.1 Å². The zero-order chi connectivity index (χ0) is 14.8. The predicted octanol–water partition coefficient (Wildman–Crippen LogP) is 1.27. The van der Waals surface area contributed by atoms with Gasteiger partial charge in [0.15, 0.2) is 11.5 Å². The fourth-order valence-corrected chi connectivity index (χ4v) is 1.79. The minimum Gasteiger partial charge on any atom is -0.468 e. The molecule has 2 aromatic rings. The Labute approximate surface area is 118 Å². The summed E-state index contributed by atoms with van der Waals surface area (Å²) in [5, 5.41) is 10.9. The van der Waals surface area contributed by atoms with E-state index < -0.39 is 4.92 Å². The molecule has 0 radical (unpaired) electrons. The molecule has 0 bridgehead atoms. The lowest BCUT2D eigenvalue weighted by molar-refractivity contribution is -0.386. The third-order valence-corrected chi connectivity index (χ3v) is 2.76. The molecule has 0 unspecified atom stereocenters. The lowest BCUT2D eigenvalue weighted by Crippen LogP contribution is -2.04. The Hall–Kier alpha value is -3.10. The Morgan fingerprint density at radius 1 is 1.38 bits per heavy atom. The van der Waals surface area contributed by atoms with Crippen LogP contribution in [0.25, 0.3) is 0 Å². The molecule has 21 heavy (non-hydrogen) atoms. The standard InChI is InChI=1S/C12H10N4O5/c13-12-14-4-8(16(17)18)11(15-12)19-5-7-1-2-9-10(3-7)21-6-20-9/h1-4H,5-6H2,(H2,13,14,15). The first-order chi connectivity index (χ1) is 10.1. The van der Waals surface area contributed by atoms with Gasteiger partial charge in [0.25, 0.3) is 5.88 Å². The van der Waals surface area contributed by atoms with E-state index >= 15 is 0 Å². The second-order valence-corrected chi connectivity index (χ2v) is 4.15. The minimum atomic E-state index is -0.631. The molecule has 3 rings (SSSR count). The van der Waals surface area contributed by atoms with E-state index in [0.29, 0.717) is 11.5 Å². The molecule has 0 spiro atoms. The van der Waals surface area contributed by atoms with Crippen molar-refractivity contribution in [3.8, 4) is 17.4 Å². The van der Waals surface area contributed by atoms with Crippen LogP contribution in [0.4, 0.5) is 11.6 Å². The summed E-state index contributed by atoms with van der Waals surface area (Å²) in [5.41, 5.74) is 5.82. The number of nitro groups is 1. The molecule has 0 fully saturated rings. The average Bonchev–Trinajstić information content (AvgIpc) is 2.92. The van der Waals surface area contributed by atoms with Crippen molar-refractivity contribution in [1.29, 1.82) is 0 Å². The first-order valence-corrected chi connectivity index (χ1v) is 5.92. The van der Waals surface area contributed by atoms with Gasteiger partial charge in [0.1, 0.15) is 12.8 Å². The number of hydrogen-bond donors (Lipinski definition) is 1. The van der Waals surface area contributed by atoms with Gasteiger partial charge >= 0.3 is 5.69 Å². The first kappa shape index (κ1) is 12.9. The number of aromatic nitrogens is 2. The average molecular weight is 290 g/mol. The third kappa shape index (κ3) is 2.61. The first-order valence-electron chi connectivity index (χ1n) is 5.92. The number of nitrogens with two attached hydrogens (primary N) is 1. The maximum atomic E-state index is 10.9. The molecule has 0 aliphatic carbocycles. The Morgan fingerprint density at radius 2 is 2.19 bits per heavy atom. The van der Waals surface area contributed by atoms with E-state index in [1.807, 2.05) is 0 Å². The Kier molecular flexibility index (Phi) is 3.14. The summed E-state index contributed by atoms with van der Waals surface area (Å²) >= 11 is 0. The van der Waals surface area contributed by atoms with Crippen molar-refractivity contribution in [1.82, 2.24) is 9.97 Å². The van der Waals surface area contributed by atoms with E-state index in [-0.39, 0.29) is 30.9 Å². The summed E-state index contributed by atoms with van der Waals surface area (Å²) in [5.74, 6) is 0.982. The lowest BCUT2D eigenvalue weighted by Gasteiger charge is -2.06. The molecule has 0 atom stereocenters. The quantitative estimate of drug-likeness (QED) is 0.659. The Morgan fingerprint density at radius 3 is 3.00 bits per heavy atom. The summed E-state index contributed by atoms with van der Waals surface area (Å²) in [7, 11) is 0. The van der Waals surface area contributed by atoms with Crippen LogP contribution in [-0.4, -0.2) is 21.7 Å². The molecule has 0 saturated heterocycles. The molecule has 9 nitrogen and oxygen atoms in total. The smallest absolute Gasteiger partial charge is 0.349 e. The number of fused-ring (bicyclic) bond motifs is 1. The number of rotatable bonds is 4. The molecule has 1 aliphatic rings. The highest BCUT2D eigenvalue weighted by molar-refractivity contribution is 5.45. The summed E-state index contributed by atoms with van der Waals surface area (Å²) in [6.45, 7) is 0.251. The Bertz CT molecular complexity index is 706. The summed E-state index contributed by atoms with van der Waals surface area (Å²) in [4.78, 5) is 17.5. The van der Waals surface area contributed by atoms with Crippen molar-refractivity contribution in [2.45, 2.75) is 6.61 Å². The van der Waals surface area contributed by atoms with Crippen molar-refractivity contribution < 1.29 is 19.1 Å². The number of hydrogen-bond acceptors (Lipinski definition) is 8. The number of benzene rings is 1. The predicted molar refractivity (Wildman–Crippen MR) is 70.0 cm³/mol. The van der Waals surface area contributed by atoms with Crippen molar-refractivity contribution in [3.05, 3.63) is 40.1 Å². The van der Waals surface area contributed by atoms with Crippen LogP contribution in [0, 0.1) is 10.1 Å². The summed E-state index contributed by atoms with van der Waals surface area (Å²) in [6, 6.07) is 5.24. The highest BCUT2D eigenvalue weighted by atomic mass is 16.7. The normalized spacial score (nSPS) is 12.2. The van der Waals surface area contributed by atoms with Gasteiger partial charge in [0, 0.05) is 0 Å². The second-order valence-electron chi connectivity index (χ2n) is 4.15. The second kappa shape index (κ2) is 5.12. The molecule has 1 aliphatic heterocycles. The van der Waals surface area contributed by atoms with Gasteiger partial charge in [-0.3, -0.25) is 10.1 Å². The monoisotopic (exact) mass is 290 g/mol. The number of anilines is 1. The van der Waals surface area contributed by atoms with Crippen LogP contribution in [0.5, 0.6) is 17.4 Å². The lowest BCUT2D eigenvalue weighted by atomic mass is 10.2. The molecule has 2 N–H and O–H groups in total. The number of nitrogen functional groups attached to an aromatic ring is 1. The van der Waals surface area contributed by atoms with Crippen LogP contribution in [0.3, 0.4) is 0 Å². The highest BCUT2D eigenvalue weighted by Gasteiger charge is 2.19. The molecule has 9 heteroatoms. The van der Waals surface area contributed by atoms with Crippen molar-refractivity contribution in [3.63, 3.8) is 0 Å². The summed E-state index contributed by atoms with van der Waals surface area (Å²) in [6.07, 6.45) is 1.01. The van der Waals surface area contributed by atoms with E-state index in [1.165, 1.54) is 0 Å². The minimum absolute atomic E-state index is 0.0773. The van der Waals surface area contributed by atoms with Gasteiger partial charge in [0.2, 0.25) is 12.7 Å². The molecular weight excluding hydrogens is 280 g/mol. The van der Waals surface area contributed by atoms with Crippen LogP contribution in [0.1, 0.15) is 5.56 Å². The molecule has 108 valence electrons. The van der Waals surface area contributed by atoms with Gasteiger partial charge < -0.3 is 19.9 Å². The number of ether oxygens (including phenoxy) is 3. The fraction of sp³-hybridized carbons (Fsp3) is 0.167. The van der Waals surface area contributed by atoms with Crippen LogP contribution in [0.15, 0.2) is 24.4 Å². The van der Waals surface area contributed by atoms with Crippen LogP contribution >= 0.6 is 0 Å². The van der Waals surface area contributed by atoms with E-state index in [2.05, 4.69) is 9.97 Å². The van der Waals surface area contributed by atoms with E-state index in [4.69, 9.17) is 19.9 Å². The van der Waals surface area contributed by atoms with Crippen molar-refractivity contribution >= 4 is 11.6 Å². The molecule has 1 aromatic heterocycles. The van der Waals surface area contributed by atoms with E-state index in [1.54, 1.807) is 18.2 Å². The highest BCUT2D eigenvalue weighted by Crippen LogP contribution is 2.33. The molecule has 2 heterocycles. The van der Waals surface area contributed by atoms with Gasteiger partial charge in [0.05, 0.1) is 4.92 Å². The van der Waals surface area contributed by atoms with Gasteiger partial charge in [-0.1, -0.05) is 6.07 Å². The molecule has 1 aromatic carbocycles. The molecular formula is C12H10N4O5. The topological polar surface area (TPSA) is 123 Å². The molecule has 0 amide bonds. The van der Waals surface area contributed by atoms with Crippen LogP contribution in [0.2, 0.25) is 0 Å². The van der Waals surface area contributed by atoms with Crippen molar-refractivity contribution in [2.24, 2.45) is 0 Å². The largest absolute Gasteiger partial charge is 0.468 e. The van der Waals surface area contributed by atoms with Gasteiger partial charge in [-0.2, -0.15) is 4.98 Å². The van der Waals surface area contributed by atoms with Crippen LogP contribution < -0.4 is 19.9 Å². The maximum Gasteiger partial charge on any atom is 0.349 e. The summed E-state index contributed by atoms with van der Waals surface area (Å²) < 4.78 is 15.8. The van der Waals surface area contributed by atoms with E-state index in [0.717, 1.165) is 11.8 Å². The zero-order valence-corrected chi connectivity index (χ0v) is 10.7. The van der Waals surface area contributed by atoms with Gasteiger partial charge in [-0.15, -0.1) is 0 Å². The SMILES string of the molecule is Nc1ncc([N+](=O)[O-])c(OCc2ccc3c(c2)OCO3)n1. The van der Waals surface area contributed by atoms with Gasteiger partial charge in [-0.05, 0) is 17.7 Å².